The Morgan fingerprint density at radius 1 is 0.450 bits per heavy atom. The number of rotatable bonds is 54. The Balaban J connectivity index is 1.20. The second-order valence-electron chi connectivity index (χ2n) is 30.8. The monoisotopic (exact) mass is 1560 g/mol. The fourth-order valence-electron chi connectivity index (χ4n) is 15.0. The second kappa shape index (κ2) is 52.4. The number of nitrogens with one attached hydrogen (secondary N) is 4. The summed E-state index contributed by atoms with van der Waals surface area (Å²) in [5.41, 5.74) is 0.639. The van der Waals surface area contributed by atoms with E-state index < -0.39 is 189 Å². The molecule has 28 heteroatoms. The number of hydrogen-bond acceptors (Lipinski definition) is 24. The highest BCUT2D eigenvalue weighted by Gasteiger charge is 2.55. The van der Waals surface area contributed by atoms with Crippen LogP contribution < -0.4 is 21.3 Å². The van der Waals surface area contributed by atoms with Crippen LogP contribution in [0.1, 0.15) is 254 Å². The van der Waals surface area contributed by atoms with E-state index in [0.29, 0.717) is 18.4 Å². The predicted molar refractivity (Wildman–Crippen MR) is 407 cm³/mol. The number of carbonyl (C=O) groups is 5. The van der Waals surface area contributed by atoms with Gasteiger partial charge in [0.1, 0.15) is 85.3 Å². The number of aliphatic hydroxyl groups is 6. The molecule has 4 heterocycles. The molecule has 4 aliphatic heterocycles. The van der Waals surface area contributed by atoms with Crippen LogP contribution in [0.4, 0.5) is 0 Å². The Bertz CT molecular complexity index is 2660. The van der Waals surface area contributed by atoms with Gasteiger partial charge in [-0.05, 0) is 60.5 Å². The van der Waals surface area contributed by atoms with E-state index >= 15 is 0 Å². The standard InChI is InChI=1S/C81H142N4O24/c1-14-15-16-17-18-19-20-21-22-23-24-25-26-27-28-29-30-31-32-33-34-35-36-37-38-39-43-46-59(87)48-61(88)84-60(47-58-44-41-40-42-45-58)76(95)85-62(77(96)83-51(3)75(94)82-50(2)49-101-78-67(93)71(98-11)68(97-10)55(7)105-78)52(4)102-80-72(65(91)63(89)53(5)104-80)109-79-66(92)70(64(90)54(6)103-79)108-81-74(100-13)73(99-12)69(56(8)106-81)107-57(9)86/h40-42,44-45,50-56,59-60,62-74,78-81,87,89-93H,14-39,43,46-49H2,1-13H3,(H,82,94)(H,83,96)(H,84,88)(H,85,95)/t50-,51+,52+,53-,54-,55-,56-,59?,60+,62+,63+,64-,65+,66+,67+,68-,69+,70+,71-,72+,73+,74-,78?,79-,80?,81-/m0/s1. The Hall–Kier alpha value is -4.15. The second-order valence-corrected chi connectivity index (χ2v) is 30.8. The van der Waals surface area contributed by atoms with Gasteiger partial charge in [0.15, 0.2) is 31.3 Å². The van der Waals surface area contributed by atoms with Crippen LogP contribution in [0, 0.1) is 0 Å². The predicted octanol–water partition coefficient (Wildman–Crippen LogP) is 7.87. The van der Waals surface area contributed by atoms with Gasteiger partial charge in [0, 0.05) is 47.8 Å². The van der Waals surface area contributed by atoms with Crippen molar-refractivity contribution in [2.24, 2.45) is 0 Å². The van der Waals surface area contributed by atoms with Gasteiger partial charge in [0.2, 0.25) is 23.6 Å². The lowest BCUT2D eigenvalue weighted by Gasteiger charge is -2.49. The quantitative estimate of drug-likeness (QED) is 0.0219. The van der Waals surface area contributed by atoms with Crippen molar-refractivity contribution in [3.63, 3.8) is 0 Å². The van der Waals surface area contributed by atoms with Crippen LogP contribution in [0.3, 0.4) is 0 Å². The number of amides is 4. The van der Waals surface area contributed by atoms with E-state index in [1.807, 2.05) is 0 Å². The van der Waals surface area contributed by atoms with Gasteiger partial charge in [-0.15, -0.1) is 0 Å². The molecule has 0 spiro atoms. The maximum atomic E-state index is 15.0. The lowest BCUT2D eigenvalue weighted by Crippen LogP contribution is -2.66. The van der Waals surface area contributed by atoms with Gasteiger partial charge in [0.25, 0.3) is 0 Å². The summed E-state index contributed by atoms with van der Waals surface area (Å²) in [6.45, 7) is 14.0. The minimum absolute atomic E-state index is 0.0675. The molecule has 0 radical (unpaired) electrons. The molecule has 1 aromatic rings. The molecule has 0 saturated carbocycles. The van der Waals surface area contributed by atoms with E-state index in [1.54, 1.807) is 51.1 Å². The highest BCUT2D eigenvalue weighted by molar-refractivity contribution is 5.94. The number of ether oxygens (including phenoxy) is 13. The fraction of sp³-hybridized carbons (Fsp3) is 0.864. The number of aliphatic hydroxyl groups excluding tert-OH is 6. The van der Waals surface area contributed by atoms with Crippen LogP contribution >= 0.6 is 0 Å². The summed E-state index contributed by atoms with van der Waals surface area (Å²) < 4.78 is 76.9. The Labute approximate surface area is 649 Å². The molecular formula is C81H142N4O24. The van der Waals surface area contributed by atoms with Crippen molar-refractivity contribution in [1.29, 1.82) is 0 Å². The first-order valence-electron chi connectivity index (χ1n) is 41.1. The zero-order valence-corrected chi connectivity index (χ0v) is 67.8. The van der Waals surface area contributed by atoms with E-state index in [2.05, 4.69) is 28.2 Å². The smallest absolute Gasteiger partial charge is 0.303 e. The van der Waals surface area contributed by atoms with Crippen molar-refractivity contribution >= 4 is 29.6 Å². The number of esters is 1. The molecule has 0 aliphatic carbocycles. The number of hydrogen-bond donors (Lipinski definition) is 10. The molecule has 630 valence electrons. The van der Waals surface area contributed by atoms with E-state index in [9.17, 15) is 54.6 Å². The van der Waals surface area contributed by atoms with Gasteiger partial charge in [-0.25, -0.2) is 0 Å². The van der Waals surface area contributed by atoms with E-state index in [-0.39, 0.29) is 19.4 Å². The highest BCUT2D eigenvalue weighted by atomic mass is 16.8. The third-order valence-electron chi connectivity index (χ3n) is 21.6. The zero-order chi connectivity index (χ0) is 80.0. The van der Waals surface area contributed by atoms with E-state index in [4.69, 9.17) is 61.6 Å². The van der Waals surface area contributed by atoms with Crippen LogP contribution in [0.25, 0.3) is 0 Å². The molecule has 4 aliphatic rings. The summed E-state index contributed by atoms with van der Waals surface area (Å²) in [5, 5.41) is 79.8. The zero-order valence-electron chi connectivity index (χ0n) is 67.8. The molecular weight excluding hydrogens is 1410 g/mol. The van der Waals surface area contributed by atoms with Crippen molar-refractivity contribution < 1.29 is 116 Å². The Kier molecular flexibility index (Phi) is 45.8. The number of benzene rings is 1. The summed E-state index contributed by atoms with van der Waals surface area (Å²) in [4.78, 5) is 69.8. The summed E-state index contributed by atoms with van der Waals surface area (Å²) in [6, 6.07) is 3.70. The molecule has 26 atom stereocenters. The number of carbonyl (C=O) groups excluding carboxylic acids is 5. The van der Waals surface area contributed by atoms with Crippen LogP contribution in [0.2, 0.25) is 0 Å². The van der Waals surface area contributed by atoms with Gasteiger partial charge >= 0.3 is 5.97 Å². The van der Waals surface area contributed by atoms with Gasteiger partial charge in [-0.2, -0.15) is 0 Å². The van der Waals surface area contributed by atoms with Crippen LogP contribution in [-0.2, 0) is 92.0 Å². The normalized spacial score (nSPS) is 30.3. The number of unbranched alkanes of at least 4 members (excludes halogenated alkanes) is 26. The first kappa shape index (κ1) is 95.4. The molecule has 10 N–H and O–H groups in total. The first-order chi connectivity index (χ1) is 52.3. The molecule has 0 bridgehead atoms. The van der Waals surface area contributed by atoms with Crippen molar-refractivity contribution in [3.05, 3.63) is 35.9 Å². The maximum absolute atomic E-state index is 15.0. The van der Waals surface area contributed by atoms with Crippen molar-refractivity contribution in [2.75, 3.05) is 35.0 Å². The van der Waals surface area contributed by atoms with Crippen molar-refractivity contribution in [1.82, 2.24) is 21.3 Å². The fourth-order valence-corrected chi connectivity index (χ4v) is 15.0. The molecule has 4 fully saturated rings. The molecule has 3 unspecified atom stereocenters. The molecule has 4 amide bonds. The molecule has 0 aromatic heterocycles. The van der Waals surface area contributed by atoms with Crippen LogP contribution in [-0.4, -0.2) is 254 Å². The minimum Gasteiger partial charge on any atom is -0.457 e. The van der Waals surface area contributed by atoms with E-state index in [0.717, 1.165) is 25.7 Å². The Morgan fingerprint density at radius 3 is 1.42 bits per heavy atom. The van der Waals surface area contributed by atoms with E-state index in [1.165, 1.54) is 204 Å². The first-order valence-corrected chi connectivity index (χ1v) is 41.1. The minimum atomic E-state index is -1.88. The van der Waals surface area contributed by atoms with Crippen molar-refractivity contribution in [3.8, 4) is 0 Å². The largest absolute Gasteiger partial charge is 0.457 e. The summed E-state index contributed by atoms with van der Waals surface area (Å²) >= 11 is 0. The summed E-state index contributed by atoms with van der Waals surface area (Å²) in [5.74, 6) is -3.75. The third-order valence-corrected chi connectivity index (χ3v) is 21.6. The third kappa shape index (κ3) is 32.6. The Morgan fingerprint density at radius 2 is 0.908 bits per heavy atom. The molecule has 4 saturated heterocycles. The van der Waals surface area contributed by atoms with Gasteiger partial charge in [0.05, 0.1) is 49.7 Å². The van der Waals surface area contributed by atoms with Crippen LogP contribution in [0.5, 0.6) is 0 Å². The van der Waals surface area contributed by atoms with Gasteiger partial charge in [-0.1, -0.05) is 211 Å². The molecule has 1 aromatic carbocycles. The molecule has 5 rings (SSSR count). The summed E-state index contributed by atoms with van der Waals surface area (Å²) in [7, 11) is 5.62. The lowest BCUT2D eigenvalue weighted by atomic mass is 9.96. The highest BCUT2D eigenvalue weighted by Crippen LogP contribution is 2.36. The van der Waals surface area contributed by atoms with Gasteiger partial charge < -0.3 is 113 Å². The lowest BCUT2D eigenvalue weighted by molar-refractivity contribution is -0.383. The molecule has 28 nitrogen and oxygen atoms in total. The maximum Gasteiger partial charge on any atom is 0.303 e. The number of methoxy groups -OCH3 is 4. The topological polar surface area (TPSA) is 375 Å². The molecule has 109 heavy (non-hydrogen) atoms. The van der Waals surface area contributed by atoms with Crippen molar-refractivity contribution in [2.45, 2.75) is 414 Å². The average Bonchev–Trinajstić information content (AvgIpc) is 0.774. The average molecular weight is 1560 g/mol. The van der Waals surface area contributed by atoms with Gasteiger partial charge in [-0.3, -0.25) is 24.0 Å². The SMILES string of the molecule is CCCCCCCCCCCCCCCCCCCCCCCCCCCCCC(O)CC(=O)N[C@H](Cc1ccccc1)C(=O)N[C@@H](C(=O)N[C@H](C)C(=O)N[C@@H](C)COC1O[C@@H](C)[C@H](OC)[C@@H](OC)[C@H]1O)[C@@H](C)OC1O[C@@H](C)[C@@H](O)[C@@H](O)[C@H]1O[C@@H]1O[C@@H](C)[C@H](O)[C@@H](O[C@@H]2O[C@@H](C)[C@@H](OC(C)=O)[C@@H](OC)[C@@H]2OC)[C@H]1O. The van der Waals surface area contributed by atoms with Crippen LogP contribution in [0.15, 0.2) is 30.3 Å². The summed E-state index contributed by atoms with van der Waals surface area (Å²) in [6.07, 6.45) is 6.84.